The Hall–Kier alpha value is -1.83. The van der Waals surface area contributed by atoms with E-state index in [2.05, 4.69) is 11.9 Å². The summed E-state index contributed by atoms with van der Waals surface area (Å²) in [4.78, 5) is 43.6. The molecule has 8 heteroatoms. The number of carboxylic acids is 1. The lowest BCUT2D eigenvalue weighted by atomic mass is 9.86. The lowest BCUT2D eigenvalue weighted by Crippen LogP contribution is -2.63. The Balaban J connectivity index is 1.71. The predicted molar refractivity (Wildman–Crippen MR) is 91.2 cm³/mol. The highest BCUT2D eigenvalue weighted by atomic mass is 16.4. The molecule has 0 unspecified atom stereocenters. The summed E-state index contributed by atoms with van der Waals surface area (Å²) in [7, 11) is 2.05. The second kappa shape index (κ2) is 7.19. The van der Waals surface area contributed by atoms with Crippen LogP contribution in [0.1, 0.15) is 32.1 Å². The van der Waals surface area contributed by atoms with Crippen molar-refractivity contribution in [2.45, 2.75) is 37.6 Å². The van der Waals surface area contributed by atoms with Crippen LogP contribution >= 0.6 is 0 Å². The first-order valence-electron chi connectivity index (χ1n) is 9.16. The molecule has 3 aliphatic heterocycles. The molecule has 3 aliphatic rings. The van der Waals surface area contributed by atoms with Gasteiger partial charge >= 0.3 is 12.0 Å². The zero-order chi connectivity index (χ0) is 18.0. The largest absolute Gasteiger partial charge is 0.480 e. The third kappa shape index (κ3) is 3.73. The number of urea groups is 1. The molecule has 3 saturated heterocycles. The molecule has 0 saturated carbocycles. The Morgan fingerprint density at radius 1 is 1.04 bits per heavy atom. The van der Waals surface area contributed by atoms with Crippen LogP contribution in [0.25, 0.3) is 0 Å². The van der Waals surface area contributed by atoms with Crippen molar-refractivity contribution in [3.8, 4) is 0 Å². The van der Waals surface area contributed by atoms with Gasteiger partial charge in [-0.1, -0.05) is 0 Å². The van der Waals surface area contributed by atoms with Crippen LogP contribution in [0, 0.1) is 0 Å². The number of nitrogens with zero attached hydrogens (tertiary/aromatic N) is 4. The minimum absolute atomic E-state index is 0.101. The number of carbonyl (C=O) groups is 3. The maximum absolute atomic E-state index is 12.8. The summed E-state index contributed by atoms with van der Waals surface area (Å²) in [5.41, 5.74) is -0.240. The molecule has 3 heterocycles. The van der Waals surface area contributed by atoms with E-state index in [1.165, 1.54) is 4.90 Å². The molecule has 140 valence electrons. The summed E-state index contributed by atoms with van der Waals surface area (Å²) in [6.07, 6.45) is 3.85. The standard InChI is InChI=1S/C17H28N4O4/c1-18-10-11-21(16(25)19-7-2-3-8-19)13-17(18)5-4-14(22)20(9-6-17)12-15(23)24/h2-13H2,1H3,(H,23,24)/t17-/m0/s1. The first-order valence-corrected chi connectivity index (χ1v) is 9.16. The van der Waals surface area contributed by atoms with Crippen molar-refractivity contribution in [1.29, 1.82) is 0 Å². The van der Waals surface area contributed by atoms with E-state index in [1.54, 1.807) is 0 Å². The zero-order valence-electron chi connectivity index (χ0n) is 14.9. The van der Waals surface area contributed by atoms with E-state index in [4.69, 9.17) is 5.11 Å². The molecule has 0 radical (unpaired) electrons. The van der Waals surface area contributed by atoms with E-state index >= 15 is 0 Å². The van der Waals surface area contributed by atoms with Gasteiger partial charge in [-0.25, -0.2) is 4.79 Å². The second-order valence-electron chi connectivity index (χ2n) is 7.50. The summed E-state index contributed by atoms with van der Waals surface area (Å²) in [6.45, 7) is 3.97. The van der Waals surface area contributed by atoms with Crippen molar-refractivity contribution < 1.29 is 19.5 Å². The maximum atomic E-state index is 12.8. The van der Waals surface area contributed by atoms with E-state index in [-0.39, 0.29) is 24.0 Å². The molecule has 0 aromatic carbocycles. The monoisotopic (exact) mass is 352 g/mol. The van der Waals surface area contributed by atoms with Gasteiger partial charge < -0.3 is 19.8 Å². The summed E-state index contributed by atoms with van der Waals surface area (Å²) in [6, 6.07) is 0.114. The van der Waals surface area contributed by atoms with Crippen LogP contribution < -0.4 is 0 Å². The summed E-state index contributed by atoms with van der Waals surface area (Å²) >= 11 is 0. The summed E-state index contributed by atoms with van der Waals surface area (Å²) < 4.78 is 0. The van der Waals surface area contributed by atoms with Crippen LogP contribution in [0.5, 0.6) is 0 Å². The van der Waals surface area contributed by atoms with E-state index in [9.17, 15) is 14.4 Å². The third-order valence-electron chi connectivity index (χ3n) is 5.98. The van der Waals surface area contributed by atoms with Gasteiger partial charge in [0.25, 0.3) is 0 Å². The van der Waals surface area contributed by atoms with Crippen LogP contribution in [0.3, 0.4) is 0 Å². The van der Waals surface area contributed by atoms with Crippen LogP contribution in [0.2, 0.25) is 0 Å². The first kappa shape index (κ1) is 18.0. The Bertz CT molecular complexity index is 549. The van der Waals surface area contributed by atoms with Crippen molar-refractivity contribution in [1.82, 2.24) is 19.6 Å². The highest BCUT2D eigenvalue weighted by Crippen LogP contribution is 2.32. The smallest absolute Gasteiger partial charge is 0.323 e. The second-order valence-corrected chi connectivity index (χ2v) is 7.50. The fourth-order valence-corrected chi connectivity index (χ4v) is 4.30. The van der Waals surface area contributed by atoms with Crippen molar-refractivity contribution in [3.63, 3.8) is 0 Å². The van der Waals surface area contributed by atoms with Gasteiger partial charge in [0.2, 0.25) is 5.91 Å². The average Bonchev–Trinajstić information content (AvgIpc) is 3.07. The van der Waals surface area contributed by atoms with Crippen LogP contribution in [0.4, 0.5) is 4.79 Å². The molecule has 0 aliphatic carbocycles. The SMILES string of the molecule is CN1CCN(C(=O)N2CCCC2)C[C@@]12CCC(=O)N(CC(=O)O)CC2. The Morgan fingerprint density at radius 3 is 2.44 bits per heavy atom. The molecule has 3 fully saturated rings. The quantitative estimate of drug-likeness (QED) is 0.772. The zero-order valence-corrected chi connectivity index (χ0v) is 14.9. The number of amides is 3. The Labute approximate surface area is 148 Å². The molecular weight excluding hydrogens is 324 g/mol. The van der Waals surface area contributed by atoms with Gasteiger partial charge in [-0.15, -0.1) is 0 Å². The molecule has 3 rings (SSSR count). The molecule has 8 nitrogen and oxygen atoms in total. The van der Waals surface area contributed by atoms with Gasteiger partial charge in [0, 0.05) is 51.2 Å². The highest BCUT2D eigenvalue weighted by molar-refractivity contribution is 5.81. The van der Waals surface area contributed by atoms with Crippen molar-refractivity contribution in [2.75, 3.05) is 52.9 Å². The highest BCUT2D eigenvalue weighted by Gasteiger charge is 2.44. The molecule has 1 spiro atoms. The van der Waals surface area contributed by atoms with Gasteiger partial charge in [-0.2, -0.15) is 0 Å². The minimum atomic E-state index is -0.980. The number of carboxylic acid groups (broad SMARTS) is 1. The topological polar surface area (TPSA) is 84.4 Å². The van der Waals surface area contributed by atoms with Gasteiger partial charge in [0.15, 0.2) is 0 Å². The molecule has 25 heavy (non-hydrogen) atoms. The van der Waals surface area contributed by atoms with E-state index in [1.807, 2.05) is 9.80 Å². The van der Waals surface area contributed by atoms with Crippen molar-refractivity contribution in [2.24, 2.45) is 0 Å². The number of hydrogen-bond donors (Lipinski definition) is 1. The lowest BCUT2D eigenvalue weighted by molar-refractivity contribution is -0.144. The number of rotatable bonds is 2. The van der Waals surface area contributed by atoms with Crippen LogP contribution in [-0.4, -0.2) is 101 Å². The molecule has 1 atom stereocenters. The molecule has 3 amide bonds. The number of likely N-dealkylation sites (N-methyl/N-ethyl adjacent to an activating group) is 1. The third-order valence-corrected chi connectivity index (χ3v) is 5.98. The summed E-state index contributed by atoms with van der Waals surface area (Å²) in [5, 5.41) is 9.00. The predicted octanol–water partition coefficient (Wildman–Crippen LogP) is 0.286. The van der Waals surface area contributed by atoms with Crippen LogP contribution in [0.15, 0.2) is 0 Å². The maximum Gasteiger partial charge on any atom is 0.323 e. The Kier molecular flexibility index (Phi) is 5.17. The first-order chi connectivity index (χ1) is 11.9. The van der Waals surface area contributed by atoms with E-state index < -0.39 is 5.97 Å². The molecule has 0 bridgehead atoms. The van der Waals surface area contributed by atoms with Crippen molar-refractivity contribution >= 4 is 17.9 Å². The lowest BCUT2D eigenvalue weighted by Gasteiger charge is -2.49. The number of aliphatic carboxylic acids is 1. The molecule has 1 N–H and O–H groups in total. The number of piperazine rings is 1. The Morgan fingerprint density at radius 2 is 1.76 bits per heavy atom. The average molecular weight is 352 g/mol. The number of likely N-dealkylation sites (tertiary alicyclic amines) is 2. The van der Waals surface area contributed by atoms with Gasteiger partial charge in [0.05, 0.1) is 0 Å². The summed E-state index contributed by atoms with van der Waals surface area (Å²) in [5.74, 6) is -1.08. The van der Waals surface area contributed by atoms with Crippen LogP contribution in [-0.2, 0) is 9.59 Å². The fraction of sp³-hybridized carbons (Fsp3) is 0.824. The van der Waals surface area contributed by atoms with E-state index in [0.29, 0.717) is 38.9 Å². The molecule has 0 aromatic rings. The van der Waals surface area contributed by atoms with Crippen molar-refractivity contribution in [3.05, 3.63) is 0 Å². The van der Waals surface area contributed by atoms with Gasteiger partial charge in [-0.3, -0.25) is 14.5 Å². The van der Waals surface area contributed by atoms with Gasteiger partial charge in [-0.05, 0) is 32.7 Å². The van der Waals surface area contributed by atoms with E-state index in [0.717, 1.165) is 32.5 Å². The molecular formula is C17H28N4O4. The van der Waals surface area contributed by atoms with Gasteiger partial charge in [0.1, 0.15) is 6.54 Å². The molecule has 0 aromatic heterocycles. The number of hydrogen-bond acceptors (Lipinski definition) is 4. The number of carbonyl (C=O) groups excluding carboxylic acids is 2. The fourth-order valence-electron chi connectivity index (χ4n) is 4.30. The normalized spacial score (nSPS) is 28.5. The minimum Gasteiger partial charge on any atom is -0.480 e.